The van der Waals surface area contributed by atoms with Gasteiger partial charge >= 0.3 is 5.97 Å². The Hall–Kier alpha value is -1.94. The third-order valence-corrected chi connectivity index (χ3v) is 4.77. The first-order valence-corrected chi connectivity index (χ1v) is 6.97. The van der Waals surface area contributed by atoms with Crippen molar-refractivity contribution < 1.29 is 18.3 Å². The van der Waals surface area contributed by atoms with Crippen LogP contribution >= 0.6 is 11.3 Å². The van der Waals surface area contributed by atoms with Gasteiger partial charge in [-0.2, -0.15) is 5.10 Å². The van der Waals surface area contributed by atoms with E-state index in [1.165, 1.54) is 6.20 Å². The van der Waals surface area contributed by atoms with Gasteiger partial charge in [-0.3, -0.25) is 9.82 Å². The van der Waals surface area contributed by atoms with Gasteiger partial charge in [0.2, 0.25) is 0 Å². The molecule has 0 amide bonds. The third kappa shape index (κ3) is 2.19. The van der Waals surface area contributed by atoms with Crippen LogP contribution in [-0.2, 0) is 10.0 Å². The van der Waals surface area contributed by atoms with Crippen molar-refractivity contribution in [1.29, 1.82) is 0 Å². The molecule has 8 nitrogen and oxygen atoms in total. The van der Waals surface area contributed by atoms with Gasteiger partial charge in [-0.25, -0.2) is 18.2 Å². The van der Waals surface area contributed by atoms with E-state index in [2.05, 4.69) is 19.9 Å². The highest BCUT2D eigenvalue weighted by atomic mass is 32.2. The average Bonchev–Trinajstić information content (AvgIpc) is 2.88. The lowest BCUT2D eigenvalue weighted by Gasteiger charge is -2.05. The van der Waals surface area contributed by atoms with Gasteiger partial charge in [-0.15, -0.1) is 11.3 Å². The van der Waals surface area contributed by atoms with E-state index in [0.29, 0.717) is 5.56 Å². The van der Waals surface area contributed by atoms with Crippen LogP contribution < -0.4 is 4.72 Å². The van der Waals surface area contributed by atoms with Gasteiger partial charge in [0.05, 0.1) is 11.7 Å². The van der Waals surface area contributed by atoms with Crippen molar-refractivity contribution in [3.8, 4) is 0 Å². The van der Waals surface area contributed by atoms with Crippen molar-refractivity contribution in [3.63, 3.8) is 0 Å². The number of rotatable bonds is 4. The van der Waals surface area contributed by atoms with Gasteiger partial charge in [0.15, 0.2) is 9.90 Å². The summed E-state index contributed by atoms with van der Waals surface area (Å²) in [6, 6.07) is 0. The van der Waals surface area contributed by atoms with Gasteiger partial charge in [-0.1, -0.05) is 0 Å². The molecule has 0 atom stereocenters. The van der Waals surface area contributed by atoms with Gasteiger partial charge in [0.1, 0.15) is 5.82 Å². The molecular weight excluding hydrogens is 280 g/mol. The van der Waals surface area contributed by atoms with E-state index in [1.807, 2.05) is 0 Å². The summed E-state index contributed by atoms with van der Waals surface area (Å²) >= 11 is 0.736. The predicted molar refractivity (Wildman–Crippen MR) is 63.2 cm³/mol. The molecule has 0 aromatic carbocycles. The Morgan fingerprint density at radius 1 is 1.56 bits per heavy atom. The Labute approximate surface area is 106 Å². The second-order valence-corrected chi connectivity index (χ2v) is 6.06. The fraction of sp³-hybridized carbons (Fsp3) is 0.125. The third-order valence-electron chi connectivity index (χ3n) is 2.05. The number of H-pyrrole nitrogens is 1. The monoisotopic (exact) mass is 288 g/mol. The Morgan fingerprint density at radius 2 is 2.28 bits per heavy atom. The molecule has 0 aliphatic heterocycles. The number of aromatic nitrogens is 3. The SMILES string of the molecule is Cc1cn[nH]c1NS(=O)(=O)c1scnc1C(=O)O. The average molecular weight is 288 g/mol. The molecule has 0 saturated heterocycles. The van der Waals surface area contributed by atoms with Crippen LogP contribution in [0.15, 0.2) is 15.9 Å². The van der Waals surface area contributed by atoms with Crippen LogP contribution in [0.2, 0.25) is 0 Å². The minimum atomic E-state index is -3.98. The number of aryl methyl sites for hydroxylation is 1. The number of nitrogens with zero attached hydrogens (tertiary/aromatic N) is 2. The molecule has 0 fully saturated rings. The Balaban J connectivity index is 2.40. The molecule has 18 heavy (non-hydrogen) atoms. The minimum absolute atomic E-state index is 0.194. The standard InChI is InChI=1S/C8H8N4O4S2/c1-4-2-10-11-6(4)12-18(15,16)8-5(7(13)14)9-3-17-8/h2-3H,1H3,(H,13,14)(H2,10,11,12). The van der Waals surface area contributed by atoms with E-state index in [1.54, 1.807) is 6.92 Å². The summed E-state index contributed by atoms with van der Waals surface area (Å²) in [7, 11) is -3.98. The highest BCUT2D eigenvalue weighted by Gasteiger charge is 2.26. The Kier molecular flexibility index (Phi) is 3.05. The molecule has 2 rings (SSSR count). The van der Waals surface area contributed by atoms with Crippen molar-refractivity contribution >= 4 is 33.1 Å². The molecule has 3 N–H and O–H groups in total. The summed E-state index contributed by atoms with van der Waals surface area (Å²) in [4.78, 5) is 14.3. The molecule has 0 spiro atoms. The number of aromatic amines is 1. The zero-order valence-corrected chi connectivity index (χ0v) is 10.7. The van der Waals surface area contributed by atoms with Gasteiger partial charge in [-0.05, 0) is 6.92 Å². The van der Waals surface area contributed by atoms with E-state index in [-0.39, 0.29) is 10.0 Å². The maximum Gasteiger partial charge on any atom is 0.356 e. The van der Waals surface area contributed by atoms with Crippen LogP contribution in [0.25, 0.3) is 0 Å². The first-order chi connectivity index (χ1) is 8.42. The summed E-state index contributed by atoms with van der Waals surface area (Å²) in [5.74, 6) is -1.20. The topological polar surface area (TPSA) is 125 Å². The van der Waals surface area contributed by atoms with Crippen molar-refractivity contribution in [2.45, 2.75) is 11.1 Å². The summed E-state index contributed by atoms with van der Waals surface area (Å²) in [6.45, 7) is 1.66. The molecule has 0 radical (unpaired) electrons. The largest absolute Gasteiger partial charge is 0.476 e. The van der Waals surface area contributed by atoms with E-state index < -0.39 is 21.7 Å². The highest BCUT2D eigenvalue weighted by Crippen LogP contribution is 2.23. The molecule has 0 aliphatic carbocycles. The molecule has 0 unspecified atom stereocenters. The van der Waals surface area contributed by atoms with Gasteiger partial charge in [0.25, 0.3) is 10.0 Å². The second-order valence-electron chi connectivity index (χ2n) is 3.33. The maximum absolute atomic E-state index is 12.0. The first-order valence-electron chi connectivity index (χ1n) is 4.61. The van der Waals surface area contributed by atoms with Crippen LogP contribution in [0.5, 0.6) is 0 Å². The number of nitrogens with one attached hydrogen (secondary N) is 2. The lowest BCUT2D eigenvalue weighted by Crippen LogP contribution is -2.16. The lowest BCUT2D eigenvalue weighted by molar-refractivity contribution is 0.0687. The second kappa shape index (κ2) is 4.38. The number of carboxylic acids is 1. The Bertz CT molecular complexity index is 688. The van der Waals surface area contributed by atoms with Crippen molar-refractivity contribution in [3.05, 3.63) is 23.0 Å². The molecule has 2 heterocycles. The number of thiazole rings is 1. The van der Waals surface area contributed by atoms with E-state index in [9.17, 15) is 13.2 Å². The fourth-order valence-electron chi connectivity index (χ4n) is 1.20. The number of hydrogen-bond acceptors (Lipinski definition) is 6. The van der Waals surface area contributed by atoms with E-state index in [4.69, 9.17) is 5.11 Å². The highest BCUT2D eigenvalue weighted by molar-refractivity contribution is 7.94. The normalized spacial score (nSPS) is 11.4. The molecule has 10 heteroatoms. The number of carbonyl (C=O) groups is 1. The zero-order valence-electron chi connectivity index (χ0n) is 9.04. The number of hydrogen-bond donors (Lipinski definition) is 3. The van der Waals surface area contributed by atoms with Crippen molar-refractivity contribution in [2.24, 2.45) is 0 Å². The molecule has 0 saturated carbocycles. The molecule has 2 aromatic rings. The number of carboxylic acid groups (broad SMARTS) is 1. The van der Waals surface area contributed by atoms with Gasteiger partial charge in [0, 0.05) is 5.56 Å². The fourth-order valence-corrected chi connectivity index (χ4v) is 3.43. The van der Waals surface area contributed by atoms with Crippen LogP contribution in [0.3, 0.4) is 0 Å². The maximum atomic E-state index is 12.0. The number of sulfonamides is 1. The lowest BCUT2D eigenvalue weighted by atomic mass is 10.4. The zero-order chi connectivity index (χ0) is 13.3. The van der Waals surface area contributed by atoms with Crippen LogP contribution in [0, 0.1) is 6.92 Å². The predicted octanol–water partition coefficient (Wildman–Crippen LogP) is 0.674. The molecule has 0 bridgehead atoms. The Morgan fingerprint density at radius 3 is 2.83 bits per heavy atom. The molecule has 0 aliphatic rings. The van der Waals surface area contributed by atoms with Crippen LogP contribution in [0.1, 0.15) is 16.1 Å². The minimum Gasteiger partial charge on any atom is -0.476 e. The molecule has 96 valence electrons. The van der Waals surface area contributed by atoms with Crippen LogP contribution in [-0.4, -0.2) is 34.7 Å². The van der Waals surface area contributed by atoms with Crippen molar-refractivity contribution in [1.82, 2.24) is 15.2 Å². The summed E-state index contributed by atoms with van der Waals surface area (Å²) in [6.07, 6.45) is 1.45. The van der Waals surface area contributed by atoms with Crippen LogP contribution in [0.4, 0.5) is 5.82 Å². The summed E-state index contributed by atoms with van der Waals surface area (Å²) in [5, 5.41) is 15.0. The molecular formula is C8H8N4O4S2. The van der Waals surface area contributed by atoms with Crippen molar-refractivity contribution in [2.75, 3.05) is 4.72 Å². The summed E-state index contributed by atoms with van der Waals surface area (Å²) in [5.41, 5.74) is 1.27. The van der Waals surface area contributed by atoms with Gasteiger partial charge < -0.3 is 5.11 Å². The summed E-state index contributed by atoms with van der Waals surface area (Å²) < 4.78 is 25.9. The van der Waals surface area contributed by atoms with E-state index in [0.717, 1.165) is 16.8 Å². The number of aromatic carboxylic acids is 1. The number of anilines is 1. The first kappa shape index (κ1) is 12.5. The smallest absolute Gasteiger partial charge is 0.356 e. The quantitative estimate of drug-likeness (QED) is 0.759. The van der Waals surface area contributed by atoms with E-state index >= 15 is 0 Å². The molecule has 2 aromatic heterocycles.